The molecule has 1 aliphatic heterocycles. The monoisotopic (exact) mass is 444 g/mol. The highest BCUT2D eigenvalue weighted by Crippen LogP contribution is 2.25. The molecule has 158 valence electrons. The third-order valence-corrected chi connectivity index (χ3v) is 6.49. The lowest BCUT2D eigenvalue weighted by molar-refractivity contribution is -0.127. The van der Waals surface area contributed by atoms with E-state index in [0.717, 1.165) is 30.8 Å². The Hall–Kier alpha value is -2.45. The van der Waals surface area contributed by atoms with Gasteiger partial charge in [-0.1, -0.05) is 24.3 Å². The van der Waals surface area contributed by atoms with Crippen molar-refractivity contribution in [3.05, 3.63) is 54.1 Å². The van der Waals surface area contributed by atoms with E-state index in [1.165, 1.54) is 23.5 Å². The lowest BCUT2D eigenvalue weighted by Gasteiger charge is -2.15. The van der Waals surface area contributed by atoms with Crippen molar-refractivity contribution in [3.63, 3.8) is 0 Å². The number of carbonyl (C=O) groups excluding carboxylic acids is 3. The topological polar surface area (TPSA) is 75.7 Å². The summed E-state index contributed by atoms with van der Waals surface area (Å²) in [4.78, 5) is 40.5. The van der Waals surface area contributed by atoms with Crippen molar-refractivity contribution in [1.29, 1.82) is 0 Å². The number of nitrogens with one attached hydrogen (secondary N) is 1. The Labute approximate surface area is 184 Å². The largest absolute Gasteiger partial charge is 0.452 e. The van der Waals surface area contributed by atoms with Gasteiger partial charge in [0, 0.05) is 22.9 Å². The summed E-state index contributed by atoms with van der Waals surface area (Å²) in [5, 5.41) is 2.76. The Kier molecular flexibility index (Phi) is 8.21. The molecule has 1 heterocycles. The molecule has 30 heavy (non-hydrogen) atoms. The third kappa shape index (κ3) is 6.03. The van der Waals surface area contributed by atoms with Gasteiger partial charge in [-0.3, -0.25) is 9.59 Å². The van der Waals surface area contributed by atoms with Gasteiger partial charge in [0.25, 0.3) is 5.91 Å². The number of benzene rings is 2. The van der Waals surface area contributed by atoms with Crippen molar-refractivity contribution in [1.82, 2.24) is 4.90 Å². The number of nitrogens with zero attached hydrogens (tertiary/aromatic N) is 1. The maximum absolute atomic E-state index is 12.5. The fourth-order valence-electron chi connectivity index (χ4n) is 3.10. The number of thioether (sulfide) groups is 2. The lowest BCUT2D eigenvalue weighted by Crippen LogP contribution is -2.29. The van der Waals surface area contributed by atoms with E-state index in [9.17, 15) is 14.4 Å². The fourth-order valence-corrected chi connectivity index (χ4v) is 4.60. The van der Waals surface area contributed by atoms with Gasteiger partial charge in [0.05, 0.1) is 17.0 Å². The van der Waals surface area contributed by atoms with Gasteiger partial charge in [-0.2, -0.15) is 0 Å². The van der Waals surface area contributed by atoms with E-state index >= 15 is 0 Å². The van der Waals surface area contributed by atoms with Gasteiger partial charge in [-0.25, -0.2) is 4.79 Å². The molecule has 0 aromatic heterocycles. The second-order valence-electron chi connectivity index (χ2n) is 6.70. The Morgan fingerprint density at radius 1 is 1.00 bits per heavy atom. The van der Waals surface area contributed by atoms with Crippen LogP contribution in [0, 0.1) is 0 Å². The zero-order valence-electron chi connectivity index (χ0n) is 16.8. The number of likely N-dealkylation sites (tertiary alicyclic amines) is 1. The molecule has 0 aliphatic carbocycles. The lowest BCUT2D eigenvalue weighted by atomic mass is 10.2. The summed E-state index contributed by atoms with van der Waals surface area (Å²) in [6.45, 7) is 1.23. The van der Waals surface area contributed by atoms with Gasteiger partial charge in [0.2, 0.25) is 5.91 Å². The molecule has 0 spiro atoms. The zero-order valence-corrected chi connectivity index (χ0v) is 18.4. The van der Waals surface area contributed by atoms with Crippen molar-refractivity contribution < 1.29 is 19.1 Å². The standard InChI is InChI=1S/C22H24N2O4S2/c1-29-19-11-5-3-9-17(19)23-20(25)14-28-22(27)16-8-2-4-10-18(16)30-15-21(26)24-12-6-7-13-24/h2-5,8-11H,6-7,12-15H2,1H3,(H,23,25). The molecule has 2 amide bonds. The van der Waals surface area contributed by atoms with E-state index in [1.807, 2.05) is 35.4 Å². The Bertz CT molecular complexity index is 914. The van der Waals surface area contributed by atoms with Gasteiger partial charge in [0.1, 0.15) is 0 Å². The average Bonchev–Trinajstić information content (AvgIpc) is 3.31. The maximum atomic E-state index is 12.5. The minimum absolute atomic E-state index is 0.0764. The van der Waals surface area contributed by atoms with Crippen molar-refractivity contribution in [3.8, 4) is 0 Å². The third-order valence-electron chi connectivity index (χ3n) is 4.63. The van der Waals surface area contributed by atoms with Crippen molar-refractivity contribution in [2.45, 2.75) is 22.6 Å². The van der Waals surface area contributed by atoms with Gasteiger partial charge < -0.3 is 15.0 Å². The average molecular weight is 445 g/mol. The summed E-state index contributed by atoms with van der Waals surface area (Å²) in [7, 11) is 0. The SMILES string of the molecule is CSc1ccccc1NC(=O)COC(=O)c1ccccc1SCC(=O)N1CCCC1. The number of ether oxygens (including phenoxy) is 1. The molecule has 1 saturated heterocycles. The number of hydrogen-bond acceptors (Lipinski definition) is 6. The molecule has 1 fully saturated rings. The molecule has 0 radical (unpaired) electrons. The molecule has 6 nitrogen and oxygen atoms in total. The first-order valence-electron chi connectivity index (χ1n) is 9.68. The van der Waals surface area contributed by atoms with Crippen LogP contribution in [0.3, 0.4) is 0 Å². The molecule has 3 rings (SSSR count). The molecule has 0 bridgehead atoms. The molecule has 2 aromatic carbocycles. The Morgan fingerprint density at radius 2 is 1.67 bits per heavy atom. The number of hydrogen-bond donors (Lipinski definition) is 1. The first-order chi connectivity index (χ1) is 14.6. The summed E-state index contributed by atoms with van der Waals surface area (Å²) in [6.07, 6.45) is 4.01. The number of amides is 2. The maximum Gasteiger partial charge on any atom is 0.339 e. The molecular weight excluding hydrogens is 420 g/mol. The van der Waals surface area contributed by atoms with E-state index < -0.39 is 11.9 Å². The van der Waals surface area contributed by atoms with Crippen LogP contribution in [0.25, 0.3) is 0 Å². The van der Waals surface area contributed by atoms with Gasteiger partial charge >= 0.3 is 5.97 Å². The summed E-state index contributed by atoms with van der Waals surface area (Å²) < 4.78 is 5.22. The minimum atomic E-state index is -0.583. The molecule has 8 heteroatoms. The van der Waals surface area contributed by atoms with Crippen LogP contribution in [0.4, 0.5) is 5.69 Å². The second kappa shape index (κ2) is 11.1. The second-order valence-corrected chi connectivity index (χ2v) is 8.56. The Morgan fingerprint density at radius 3 is 2.40 bits per heavy atom. The highest BCUT2D eigenvalue weighted by atomic mass is 32.2. The predicted octanol–water partition coefficient (Wildman–Crippen LogP) is 3.92. The molecule has 0 saturated carbocycles. The first kappa shape index (κ1) is 22.2. The molecule has 1 aliphatic rings. The molecule has 0 unspecified atom stereocenters. The van der Waals surface area contributed by atoms with Crippen LogP contribution in [-0.4, -0.2) is 54.4 Å². The van der Waals surface area contributed by atoms with Crippen molar-refractivity contribution >= 4 is 47.0 Å². The van der Waals surface area contributed by atoms with Crippen molar-refractivity contribution in [2.24, 2.45) is 0 Å². The Balaban J connectivity index is 1.55. The smallest absolute Gasteiger partial charge is 0.339 e. The number of para-hydroxylation sites is 1. The minimum Gasteiger partial charge on any atom is -0.452 e. The van der Waals surface area contributed by atoms with Crippen LogP contribution >= 0.6 is 23.5 Å². The van der Waals surface area contributed by atoms with Gasteiger partial charge in [-0.15, -0.1) is 23.5 Å². The van der Waals surface area contributed by atoms with E-state index in [0.29, 0.717) is 16.1 Å². The molecule has 2 aromatic rings. The first-order valence-corrected chi connectivity index (χ1v) is 11.9. The summed E-state index contributed by atoms with van der Waals surface area (Å²) in [5.41, 5.74) is 1.04. The zero-order chi connectivity index (χ0) is 21.3. The summed E-state index contributed by atoms with van der Waals surface area (Å²) in [6, 6.07) is 14.4. The number of carbonyl (C=O) groups is 3. The van der Waals surface area contributed by atoms with E-state index in [4.69, 9.17) is 4.74 Å². The highest BCUT2D eigenvalue weighted by Gasteiger charge is 2.20. The van der Waals surface area contributed by atoms with Crippen LogP contribution in [0.1, 0.15) is 23.2 Å². The van der Waals surface area contributed by atoms with Crippen LogP contribution in [0.15, 0.2) is 58.3 Å². The predicted molar refractivity (Wildman–Crippen MR) is 120 cm³/mol. The van der Waals surface area contributed by atoms with Gasteiger partial charge in [0.15, 0.2) is 6.61 Å². The summed E-state index contributed by atoms with van der Waals surface area (Å²) in [5.74, 6) is -0.636. The van der Waals surface area contributed by atoms with Crippen LogP contribution in [0.2, 0.25) is 0 Å². The normalized spacial score (nSPS) is 13.2. The highest BCUT2D eigenvalue weighted by molar-refractivity contribution is 8.00. The quantitative estimate of drug-likeness (QED) is 0.491. The van der Waals surface area contributed by atoms with E-state index in [1.54, 1.807) is 24.3 Å². The van der Waals surface area contributed by atoms with Crippen LogP contribution in [0.5, 0.6) is 0 Å². The molecule has 1 N–H and O–H groups in total. The summed E-state index contributed by atoms with van der Waals surface area (Å²) >= 11 is 2.84. The number of anilines is 1. The fraction of sp³-hybridized carbons (Fsp3) is 0.318. The van der Waals surface area contributed by atoms with Crippen LogP contribution in [-0.2, 0) is 14.3 Å². The van der Waals surface area contributed by atoms with E-state index in [-0.39, 0.29) is 18.3 Å². The number of rotatable bonds is 8. The van der Waals surface area contributed by atoms with Gasteiger partial charge in [-0.05, 0) is 43.4 Å². The molecular formula is C22H24N2O4S2. The number of esters is 1. The van der Waals surface area contributed by atoms with Crippen molar-refractivity contribution in [2.75, 3.05) is 37.0 Å². The van der Waals surface area contributed by atoms with Crippen LogP contribution < -0.4 is 5.32 Å². The van der Waals surface area contributed by atoms with E-state index in [2.05, 4.69) is 5.32 Å². The molecule has 0 atom stereocenters.